The van der Waals surface area contributed by atoms with Gasteiger partial charge in [0, 0.05) is 11.0 Å². The van der Waals surface area contributed by atoms with Crippen LogP contribution in [0.1, 0.15) is 54.4 Å². The Morgan fingerprint density at radius 1 is 1.08 bits per heavy atom. The van der Waals surface area contributed by atoms with Crippen molar-refractivity contribution in [1.82, 2.24) is 5.32 Å². The van der Waals surface area contributed by atoms with Gasteiger partial charge in [-0.15, -0.1) is 0 Å². The first-order valence-corrected chi connectivity index (χ1v) is 9.22. The summed E-state index contributed by atoms with van der Waals surface area (Å²) >= 11 is 0. The Morgan fingerprint density at radius 3 is 2.27 bits per heavy atom. The predicted octanol–water partition coefficient (Wildman–Crippen LogP) is 3.76. The second kappa shape index (κ2) is 5.66. The number of hydrazone groups is 1. The maximum atomic E-state index is 13.4. The first kappa shape index (κ1) is 18.6. The summed E-state index contributed by atoms with van der Waals surface area (Å²) in [7, 11) is 0. The lowest BCUT2D eigenvalue weighted by Gasteiger charge is -2.39. The number of anilines is 1. The molecule has 5 nitrogen and oxygen atoms in total. The Bertz CT molecular complexity index is 776. The van der Waals surface area contributed by atoms with Crippen LogP contribution in [-0.2, 0) is 9.59 Å². The van der Waals surface area contributed by atoms with Crippen molar-refractivity contribution in [1.29, 1.82) is 0 Å². The molecule has 2 aliphatic carbocycles. The summed E-state index contributed by atoms with van der Waals surface area (Å²) in [5.41, 5.74) is 1.96. The molecule has 0 aromatic heterocycles. The number of benzene rings is 1. The molecule has 26 heavy (non-hydrogen) atoms. The third-order valence-electron chi connectivity index (χ3n) is 6.52. The highest BCUT2D eigenvalue weighted by molar-refractivity contribution is 6.50. The van der Waals surface area contributed by atoms with Crippen molar-refractivity contribution in [3.63, 3.8) is 0 Å². The summed E-state index contributed by atoms with van der Waals surface area (Å²) in [6.45, 7) is 11.9. The molecule has 2 fully saturated rings. The van der Waals surface area contributed by atoms with E-state index in [1.54, 1.807) is 0 Å². The van der Waals surface area contributed by atoms with E-state index in [0.29, 0.717) is 12.1 Å². The zero-order valence-corrected chi connectivity index (χ0v) is 16.6. The van der Waals surface area contributed by atoms with Crippen molar-refractivity contribution >= 4 is 23.1 Å². The number of nitrogens with zero attached hydrogens (tertiary/aromatic N) is 1. The molecule has 140 valence electrons. The molecule has 2 aliphatic rings. The highest BCUT2D eigenvalue weighted by Crippen LogP contribution is 2.69. The van der Waals surface area contributed by atoms with Crippen LogP contribution < -0.4 is 10.7 Å². The normalized spacial score (nSPS) is 31.3. The average molecular weight is 355 g/mol. The molecular weight excluding hydrogens is 326 g/mol. The number of carbonyl (C=O) groups excluding carboxylic acids is 2. The van der Waals surface area contributed by atoms with Gasteiger partial charge in [-0.25, -0.2) is 0 Å². The van der Waals surface area contributed by atoms with Gasteiger partial charge in [0.2, 0.25) is 5.91 Å². The van der Waals surface area contributed by atoms with Crippen LogP contribution in [0.15, 0.2) is 35.4 Å². The summed E-state index contributed by atoms with van der Waals surface area (Å²) in [6, 6.07) is 9.55. The van der Waals surface area contributed by atoms with Gasteiger partial charge in [-0.05, 0) is 51.2 Å². The Kier molecular flexibility index (Phi) is 4.05. The molecule has 5 heteroatoms. The predicted molar refractivity (Wildman–Crippen MR) is 104 cm³/mol. The van der Waals surface area contributed by atoms with E-state index < -0.39 is 16.2 Å². The molecule has 0 spiro atoms. The van der Waals surface area contributed by atoms with Gasteiger partial charge >= 0.3 is 0 Å². The van der Waals surface area contributed by atoms with Gasteiger partial charge in [0.05, 0.1) is 5.69 Å². The van der Waals surface area contributed by atoms with E-state index in [0.717, 1.165) is 12.1 Å². The number of Topliss-reactive ketones (excluding diaryl/α,β-unsaturated/α-hetero) is 1. The first-order chi connectivity index (χ1) is 12.0. The molecule has 3 rings (SSSR count). The van der Waals surface area contributed by atoms with Gasteiger partial charge in [-0.3, -0.25) is 15.0 Å². The zero-order chi connectivity index (χ0) is 19.4. The largest absolute Gasteiger partial charge is 0.351 e. The number of nitrogens with one attached hydrogen (secondary N) is 2. The first-order valence-electron chi connectivity index (χ1n) is 9.22. The summed E-state index contributed by atoms with van der Waals surface area (Å²) in [5, 5.41) is 7.53. The molecule has 1 aromatic carbocycles. The van der Waals surface area contributed by atoms with Crippen LogP contribution in [0.2, 0.25) is 0 Å². The molecule has 0 saturated heterocycles. The molecule has 0 radical (unpaired) electrons. The Labute approximate surface area is 155 Å². The highest BCUT2D eigenvalue weighted by atomic mass is 16.2. The molecule has 2 N–H and O–H groups in total. The number of rotatable bonds is 3. The van der Waals surface area contributed by atoms with Gasteiger partial charge in [0.1, 0.15) is 11.1 Å². The summed E-state index contributed by atoms with van der Waals surface area (Å²) in [6.07, 6.45) is 1.35. The van der Waals surface area contributed by atoms with Crippen molar-refractivity contribution in [2.24, 2.45) is 21.3 Å². The van der Waals surface area contributed by atoms with Crippen LogP contribution in [0.25, 0.3) is 0 Å². The number of carbonyl (C=O) groups is 2. The second-order valence-corrected chi connectivity index (χ2v) is 9.33. The molecule has 0 aliphatic heterocycles. The minimum Gasteiger partial charge on any atom is -0.351 e. The van der Waals surface area contributed by atoms with Crippen LogP contribution in [-0.4, -0.2) is 22.9 Å². The zero-order valence-electron chi connectivity index (χ0n) is 16.6. The van der Waals surface area contributed by atoms with Gasteiger partial charge in [-0.2, -0.15) is 5.10 Å². The number of amides is 1. The topological polar surface area (TPSA) is 70.6 Å². The summed E-state index contributed by atoms with van der Waals surface area (Å²) < 4.78 is 0. The third kappa shape index (κ3) is 2.40. The number of para-hydroxylation sites is 1. The molecule has 0 heterocycles. The molecule has 2 saturated carbocycles. The molecule has 2 atom stereocenters. The van der Waals surface area contributed by atoms with Gasteiger partial charge in [-0.1, -0.05) is 39.0 Å². The van der Waals surface area contributed by atoms with E-state index in [2.05, 4.69) is 22.8 Å². The maximum absolute atomic E-state index is 13.4. The minimum atomic E-state index is -1.05. The maximum Gasteiger partial charge on any atom is 0.235 e. The van der Waals surface area contributed by atoms with Gasteiger partial charge < -0.3 is 5.32 Å². The van der Waals surface area contributed by atoms with Crippen molar-refractivity contribution < 1.29 is 9.59 Å². The molecule has 2 bridgehead atoms. The van der Waals surface area contributed by atoms with E-state index in [4.69, 9.17) is 0 Å². The van der Waals surface area contributed by atoms with Crippen molar-refractivity contribution in [3.05, 3.63) is 30.3 Å². The van der Waals surface area contributed by atoms with E-state index in [-0.39, 0.29) is 17.2 Å². The van der Waals surface area contributed by atoms with Crippen LogP contribution in [0, 0.1) is 16.2 Å². The number of hydrogen-bond donors (Lipinski definition) is 2. The van der Waals surface area contributed by atoms with Gasteiger partial charge in [0.25, 0.3) is 0 Å². The Morgan fingerprint density at radius 2 is 1.69 bits per heavy atom. The van der Waals surface area contributed by atoms with Crippen molar-refractivity contribution in [2.75, 3.05) is 5.43 Å². The standard InChI is InChI=1S/C21H29N3O2/c1-18(2,3)22-17(26)21-13-12-20(6,19(21,4)5)15(16(21)25)24-23-14-10-8-7-9-11-14/h7-11,23H,12-13H2,1-6H3,(H,22,26)/b24-15+. The second-order valence-electron chi connectivity index (χ2n) is 9.33. The molecule has 2 unspecified atom stereocenters. The van der Waals surface area contributed by atoms with Crippen molar-refractivity contribution in [2.45, 2.75) is 59.9 Å². The fourth-order valence-electron chi connectivity index (χ4n) is 4.55. The monoisotopic (exact) mass is 355 g/mol. The van der Waals surface area contributed by atoms with Crippen molar-refractivity contribution in [3.8, 4) is 0 Å². The van der Waals surface area contributed by atoms with Crippen LogP contribution >= 0.6 is 0 Å². The highest BCUT2D eigenvalue weighted by Gasteiger charge is 2.76. The number of ketones is 1. The number of hydrogen-bond acceptors (Lipinski definition) is 4. The SMILES string of the molecule is CC(C)(C)NC(=O)C12CCC(C)(/C(=N/Nc3ccccc3)C1=O)C2(C)C. The van der Waals surface area contributed by atoms with E-state index >= 15 is 0 Å². The van der Waals surface area contributed by atoms with Crippen LogP contribution in [0.3, 0.4) is 0 Å². The smallest absolute Gasteiger partial charge is 0.235 e. The minimum absolute atomic E-state index is 0.138. The summed E-state index contributed by atoms with van der Waals surface area (Å²) in [4.78, 5) is 26.6. The summed E-state index contributed by atoms with van der Waals surface area (Å²) in [5.74, 6) is -0.310. The molecule has 1 amide bonds. The third-order valence-corrected chi connectivity index (χ3v) is 6.52. The lowest BCUT2D eigenvalue weighted by atomic mass is 9.64. The lowest BCUT2D eigenvalue weighted by Crippen LogP contribution is -2.55. The van der Waals surface area contributed by atoms with E-state index in [1.165, 1.54) is 0 Å². The van der Waals surface area contributed by atoms with E-state index in [9.17, 15) is 9.59 Å². The van der Waals surface area contributed by atoms with Gasteiger partial charge in [0.15, 0.2) is 5.78 Å². The van der Waals surface area contributed by atoms with Crippen LogP contribution in [0.5, 0.6) is 0 Å². The fraction of sp³-hybridized carbons (Fsp3) is 0.571. The lowest BCUT2D eigenvalue weighted by molar-refractivity contribution is -0.145. The number of fused-ring (bicyclic) bond motifs is 2. The fourth-order valence-corrected chi connectivity index (χ4v) is 4.55. The van der Waals surface area contributed by atoms with Crippen LogP contribution in [0.4, 0.5) is 5.69 Å². The van der Waals surface area contributed by atoms with E-state index in [1.807, 2.05) is 65.0 Å². The quantitative estimate of drug-likeness (QED) is 0.640. The Balaban J connectivity index is 2.01. The molecule has 1 aromatic rings. The average Bonchev–Trinajstić information content (AvgIpc) is 2.81. The Hall–Kier alpha value is -2.17. The molecular formula is C21H29N3O2.